The molecule has 5 rings (SSSR count). The third kappa shape index (κ3) is 3.65. The topological polar surface area (TPSA) is 111 Å². The second-order valence-electron chi connectivity index (χ2n) is 9.47. The molecule has 3 aromatic rings. The number of imidazole rings is 1. The van der Waals surface area contributed by atoms with Gasteiger partial charge in [0.1, 0.15) is 22.8 Å². The number of carbonyl (C=O) groups is 1. The van der Waals surface area contributed by atoms with Gasteiger partial charge >= 0.3 is 0 Å². The zero-order chi connectivity index (χ0) is 24.4. The van der Waals surface area contributed by atoms with Gasteiger partial charge in [-0.05, 0) is 55.7 Å². The highest BCUT2D eigenvalue weighted by atomic mass is 35.5. The molecule has 8 nitrogen and oxygen atoms in total. The number of nitrogens with one attached hydrogen (secondary N) is 1. The van der Waals surface area contributed by atoms with Crippen molar-refractivity contribution in [2.45, 2.75) is 37.2 Å². The molecule has 2 atom stereocenters. The number of nitrogens with two attached hydrogens (primary N) is 1. The summed E-state index contributed by atoms with van der Waals surface area (Å²) in [4.78, 5) is 17.6. The second kappa shape index (κ2) is 8.06. The van der Waals surface area contributed by atoms with Gasteiger partial charge in [-0.2, -0.15) is 5.10 Å². The predicted molar refractivity (Wildman–Crippen MR) is 122 cm³/mol. The van der Waals surface area contributed by atoms with E-state index in [1.165, 1.54) is 22.9 Å². The van der Waals surface area contributed by atoms with Crippen molar-refractivity contribution in [1.82, 2.24) is 19.3 Å². The minimum Gasteiger partial charge on any atom is -0.383 e. The summed E-state index contributed by atoms with van der Waals surface area (Å²) in [5.74, 6) is -1.47. The molecule has 4 N–H and O–H groups in total. The molecule has 0 aliphatic heterocycles. The fourth-order valence-corrected chi connectivity index (χ4v) is 6.07. The van der Waals surface area contributed by atoms with Crippen LogP contribution in [0.3, 0.4) is 0 Å². The van der Waals surface area contributed by atoms with Crippen LogP contribution < -0.4 is 11.1 Å². The number of halogens is 3. The highest BCUT2D eigenvalue weighted by Gasteiger charge is 2.52. The lowest BCUT2D eigenvalue weighted by Gasteiger charge is -2.25. The van der Waals surface area contributed by atoms with Crippen LogP contribution in [0.25, 0.3) is 0 Å². The summed E-state index contributed by atoms with van der Waals surface area (Å²) < 4.78 is 31.0. The molecule has 2 fully saturated rings. The zero-order valence-electron chi connectivity index (χ0n) is 18.7. The minimum absolute atomic E-state index is 0.0276. The van der Waals surface area contributed by atoms with Crippen LogP contribution in [-0.4, -0.2) is 30.3 Å². The lowest BCUT2D eigenvalue weighted by Crippen LogP contribution is -2.27. The average Bonchev–Trinajstić information content (AvgIpc) is 3.46. The Hall–Kier alpha value is -2.98. The van der Waals surface area contributed by atoms with E-state index in [-0.39, 0.29) is 40.2 Å². The number of nitrogen functional groups attached to an aromatic ring is 1. The monoisotopic (exact) mass is 490 g/mol. The molecule has 2 aliphatic rings. The standard InChI is InChI=1S/C23H25ClF2N6O2/c1-31-10-28-18(19(31)22(33)29-14-3-4-16(25)15(24)7-14)11-5-12-8-23(34,9-13(12)6-11)20-17(26)21(27)30-32(20)2/h3-4,7,10-13,34H,5-6,8-9H2,1-2H3,(H2,27,30)(H,29,33). The minimum atomic E-state index is -1.32. The Kier molecular flexibility index (Phi) is 5.40. The smallest absolute Gasteiger partial charge is 0.274 e. The van der Waals surface area contributed by atoms with E-state index >= 15 is 0 Å². The van der Waals surface area contributed by atoms with E-state index in [0.717, 1.165) is 12.8 Å². The van der Waals surface area contributed by atoms with Crippen molar-refractivity contribution in [3.8, 4) is 0 Å². The van der Waals surface area contributed by atoms with Crippen molar-refractivity contribution in [2.75, 3.05) is 11.1 Å². The van der Waals surface area contributed by atoms with Crippen molar-refractivity contribution in [1.29, 1.82) is 0 Å². The molecule has 2 saturated carbocycles. The molecule has 34 heavy (non-hydrogen) atoms. The van der Waals surface area contributed by atoms with Crippen LogP contribution in [0.2, 0.25) is 5.02 Å². The van der Waals surface area contributed by atoms with Crippen LogP contribution in [0.15, 0.2) is 24.5 Å². The molecule has 0 bridgehead atoms. The largest absolute Gasteiger partial charge is 0.383 e. The van der Waals surface area contributed by atoms with Crippen LogP contribution in [0.1, 0.15) is 53.5 Å². The van der Waals surface area contributed by atoms with Crippen LogP contribution in [0, 0.1) is 23.5 Å². The van der Waals surface area contributed by atoms with E-state index in [0.29, 0.717) is 29.9 Å². The number of hydrogen-bond donors (Lipinski definition) is 3. The molecule has 0 saturated heterocycles. The Morgan fingerprint density at radius 1 is 1.26 bits per heavy atom. The van der Waals surface area contributed by atoms with Crippen LogP contribution in [0.5, 0.6) is 0 Å². The maximum absolute atomic E-state index is 14.6. The Labute approximate surface area is 199 Å². The molecule has 1 aromatic carbocycles. The Bertz CT molecular complexity index is 1270. The van der Waals surface area contributed by atoms with Gasteiger partial charge in [-0.3, -0.25) is 9.48 Å². The van der Waals surface area contributed by atoms with E-state index < -0.39 is 17.2 Å². The lowest BCUT2D eigenvalue weighted by atomic mass is 9.90. The van der Waals surface area contributed by atoms with E-state index in [1.807, 2.05) is 0 Å². The maximum atomic E-state index is 14.6. The molecule has 2 aromatic heterocycles. The summed E-state index contributed by atoms with van der Waals surface area (Å²) in [7, 11) is 3.32. The summed E-state index contributed by atoms with van der Waals surface area (Å²) in [6, 6.07) is 4.00. The summed E-state index contributed by atoms with van der Waals surface area (Å²) >= 11 is 5.83. The van der Waals surface area contributed by atoms with Crippen molar-refractivity contribution in [3.63, 3.8) is 0 Å². The second-order valence-corrected chi connectivity index (χ2v) is 9.88. The first-order chi connectivity index (χ1) is 16.1. The summed E-state index contributed by atoms with van der Waals surface area (Å²) in [5, 5.41) is 17.9. The van der Waals surface area contributed by atoms with Crippen LogP contribution in [-0.2, 0) is 19.7 Å². The Morgan fingerprint density at radius 3 is 2.53 bits per heavy atom. The van der Waals surface area contributed by atoms with Gasteiger partial charge in [0.15, 0.2) is 11.6 Å². The Balaban J connectivity index is 1.34. The van der Waals surface area contributed by atoms with E-state index in [2.05, 4.69) is 15.4 Å². The quantitative estimate of drug-likeness (QED) is 0.516. The van der Waals surface area contributed by atoms with Gasteiger partial charge in [0.25, 0.3) is 5.91 Å². The van der Waals surface area contributed by atoms with Gasteiger partial charge in [0.2, 0.25) is 0 Å². The third-order valence-corrected chi connectivity index (χ3v) is 7.53. The van der Waals surface area contributed by atoms with Gasteiger partial charge in [0.05, 0.1) is 17.0 Å². The summed E-state index contributed by atoms with van der Waals surface area (Å²) in [6.07, 6.45) is 3.84. The molecule has 180 valence electrons. The molecule has 0 radical (unpaired) electrons. The Morgan fingerprint density at radius 2 is 1.94 bits per heavy atom. The summed E-state index contributed by atoms with van der Waals surface area (Å²) in [6.45, 7) is 0. The molecule has 11 heteroatoms. The van der Waals surface area contributed by atoms with Crippen molar-refractivity contribution in [3.05, 3.63) is 58.3 Å². The lowest BCUT2D eigenvalue weighted by molar-refractivity contribution is 0.0228. The fraction of sp³-hybridized carbons (Fsp3) is 0.435. The zero-order valence-corrected chi connectivity index (χ0v) is 19.5. The van der Waals surface area contributed by atoms with Gasteiger partial charge in [-0.15, -0.1) is 0 Å². The van der Waals surface area contributed by atoms with Crippen molar-refractivity contribution < 1.29 is 18.7 Å². The van der Waals surface area contributed by atoms with Crippen molar-refractivity contribution >= 4 is 29.0 Å². The molecular formula is C23H25ClF2N6O2. The van der Waals surface area contributed by atoms with Gasteiger partial charge in [-0.25, -0.2) is 13.8 Å². The molecule has 2 aliphatic carbocycles. The van der Waals surface area contributed by atoms with Gasteiger partial charge in [0, 0.05) is 25.7 Å². The highest BCUT2D eigenvalue weighted by molar-refractivity contribution is 6.31. The van der Waals surface area contributed by atoms with E-state index in [9.17, 15) is 18.7 Å². The number of benzene rings is 1. The molecule has 1 amide bonds. The summed E-state index contributed by atoms with van der Waals surface area (Å²) in [5.41, 5.74) is 5.90. The van der Waals surface area contributed by atoms with E-state index in [1.54, 1.807) is 25.0 Å². The van der Waals surface area contributed by atoms with E-state index in [4.69, 9.17) is 17.3 Å². The number of hydrogen-bond acceptors (Lipinski definition) is 5. The highest BCUT2D eigenvalue weighted by Crippen LogP contribution is 2.57. The molecule has 0 spiro atoms. The number of amides is 1. The first-order valence-corrected chi connectivity index (χ1v) is 11.4. The molecule has 2 unspecified atom stereocenters. The number of carbonyl (C=O) groups excluding carboxylic acids is 1. The number of nitrogens with zero attached hydrogens (tertiary/aromatic N) is 4. The van der Waals surface area contributed by atoms with Gasteiger partial charge < -0.3 is 20.7 Å². The van der Waals surface area contributed by atoms with Crippen molar-refractivity contribution in [2.24, 2.45) is 25.9 Å². The van der Waals surface area contributed by atoms with Gasteiger partial charge in [-0.1, -0.05) is 11.6 Å². The normalized spacial score (nSPS) is 26.1. The maximum Gasteiger partial charge on any atom is 0.274 e. The number of aromatic nitrogens is 4. The predicted octanol–water partition coefficient (Wildman–Crippen LogP) is 3.71. The number of aliphatic hydroxyl groups is 1. The number of anilines is 2. The number of rotatable bonds is 4. The SMILES string of the molecule is Cn1cnc(C2CC3CC(O)(c4c(F)c(N)nn4C)CC3C2)c1C(=O)Nc1ccc(F)c(Cl)c1. The number of aryl methyl sites for hydroxylation is 2. The fourth-order valence-electron chi connectivity index (χ4n) is 5.89. The molecule has 2 heterocycles. The molecular weight excluding hydrogens is 466 g/mol. The average molecular weight is 491 g/mol. The number of fused-ring (bicyclic) bond motifs is 1. The first kappa shape index (κ1) is 22.8. The first-order valence-electron chi connectivity index (χ1n) is 11.1. The van der Waals surface area contributed by atoms with Crippen LogP contribution >= 0.6 is 11.6 Å². The van der Waals surface area contributed by atoms with Crippen LogP contribution in [0.4, 0.5) is 20.3 Å². The third-order valence-electron chi connectivity index (χ3n) is 7.24.